The largest absolute Gasteiger partial charge is 0.393 e. The van der Waals surface area contributed by atoms with Crippen LogP contribution in [0.1, 0.15) is 64.0 Å². The lowest BCUT2D eigenvalue weighted by atomic mass is 9.93. The Morgan fingerprint density at radius 1 is 1.08 bits per heavy atom. The zero-order valence-electron chi connectivity index (χ0n) is 23.1. The molecule has 0 bridgehead atoms. The summed E-state index contributed by atoms with van der Waals surface area (Å²) >= 11 is 1.93. The number of aromatic nitrogens is 4. The summed E-state index contributed by atoms with van der Waals surface area (Å²) in [6.07, 6.45) is 9.61. The van der Waals surface area contributed by atoms with Gasteiger partial charge in [0.05, 0.1) is 22.9 Å². The number of hydrogen-bond donors (Lipinski definition) is 2. The Hall–Kier alpha value is -2.20. The maximum absolute atomic E-state index is 10.1. The Morgan fingerprint density at radius 2 is 1.82 bits per heavy atom. The molecular weight excluding hydrogens is 494 g/mol. The third-order valence-corrected chi connectivity index (χ3v) is 9.15. The number of unbranched alkanes of at least 4 members (excludes halogenated alkanes) is 1. The van der Waals surface area contributed by atoms with Gasteiger partial charge in [0.15, 0.2) is 5.65 Å². The Morgan fingerprint density at radius 3 is 2.50 bits per heavy atom. The molecule has 1 saturated heterocycles. The molecule has 0 amide bonds. The van der Waals surface area contributed by atoms with Crippen molar-refractivity contribution < 1.29 is 5.11 Å². The van der Waals surface area contributed by atoms with E-state index >= 15 is 0 Å². The highest BCUT2D eigenvalue weighted by molar-refractivity contribution is 7.99. The van der Waals surface area contributed by atoms with Gasteiger partial charge in [0, 0.05) is 51.0 Å². The van der Waals surface area contributed by atoms with Gasteiger partial charge >= 0.3 is 0 Å². The van der Waals surface area contributed by atoms with E-state index in [9.17, 15) is 5.11 Å². The van der Waals surface area contributed by atoms with Crippen molar-refractivity contribution in [2.24, 2.45) is 0 Å². The van der Waals surface area contributed by atoms with Gasteiger partial charge in [-0.15, -0.1) is 11.8 Å². The van der Waals surface area contributed by atoms with Crippen LogP contribution in [0.15, 0.2) is 30.5 Å². The molecule has 1 saturated carbocycles. The van der Waals surface area contributed by atoms with Crippen LogP contribution in [0.5, 0.6) is 0 Å². The lowest BCUT2D eigenvalue weighted by Crippen LogP contribution is -2.48. The molecule has 0 spiro atoms. The molecular formula is C29H43N7OS. The molecule has 3 aromatic rings. The fourth-order valence-electron chi connectivity index (χ4n) is 5.62. The van der Waals surface area contributed by atoms with Crippen LogP contribution in [0.4, 0.5) is 5.95 Å². The van der Waals surface area contributed by atoms with Crippen molar-refractivity contribution in [1.82, 2.24) is 29.5 Å². The minimum Gasteiger partial charge on any atom is -0.393 e. The molecule has 2 aromatic heterocycles. The van der Waals surface area contributed by atoms with E-state index in [-0.39, 0.29) is 12.1 Å². The second kappa shape index (κ2) is 12.8. The molecule has 5 rings (SSSR count). The molecule has 1 aliphatic carbocycles. The fraction of sp³-hybridized carbons (Fsp3) is 0.621. The van der Waals surface area contributed by atoms with Gasteiger partial charge in [-0.2, -0.15) is 10.1 Å². The molecule has 9 heteroatoms. The number of fused-ring (bicyclic) bond motifs is 1. The zero-order valence-corrected chi connectivity index (χ0v) is 24.0. The smallest absolute Gasteiger partial charge is 0.224 e. The van der Waals surface area contributed by atoms with Gasteiger partial charge in [-0.25, -0.2) is 9.67 Å². The van der Waals surface area contributed by atoms with Crippen molar-refractivity contribution in [1.29, 1.82) is 0 Å². The zero-order chi connectivity index (χ0) is 26.5. The molecule has 2 N–H and O–H groups in total. The predicted octanol–water partition coefficient (Wildman–Crippen LogP) is 5.01. The third-order valence-electron chi connectivity index (χ3n) is 8.17. The van der Waals surface area contributed by atoms with E-state index in [1.807, 2.05) is 18.0 Å². The van der Waals surface area contributed by atoms with E-state index in [0.29, 0.717) is 11.3 Å². The molecule has 1 atom stereocenters. The Balaban J connectivity index is 1.35. The number of anilines is 1. The van der Waals surface area contributed by atoms with Gasteiger partial charge in [0.25, 0.3) is 0 Å². The standard InChI is InChI=1S/C29H43N7OS/c1-4-5-14-30-29-31-19-26-27(33-36(28(26)32-29)24-10-12-25(37)13-11-24)23-8-6-22(7-9-23)20-34-15-17-35(18-16-34)21(2)38-3/h6-9,19,21,24-25,37H,4-5,10-18,20H2,1-3H3,(H,30,31,32). The summed E-state index contributed by atoms with van der Waals surface area (Å²) in [4.78, 5) is 14.7. The summed E-state index contributed by atoms with van der Waals surface area (Å²) in [5.41, 5.74) is 4.26. The molecule has 3 heterocycles. The summed E-state index contributed by atoms with van der Waals surface area (Å²) in [5.74, 6) is 0.664. The van der Waals surface area contributed by atoms with E-state index in [4.69, 9.17) is 10.1 Å². The second-order valence-corrected chi connectivity index (χ2v) is 12.0. The van der Waals surface area contributed by atoms with Gasteiger partial charge in [0.1, 0.15) is 5.69 Å². The van der Waals surface area contributed by atoms with Crippen LogP contribution in [-0.4, -0.2) is 85.1 Å². The molecule has 1 unspecified atom stereocenters. The quantitative estimate of drug-likeness (QED) is 0.350. The highest BCUT2D eigenvalue weighted by Gasteiger charge is 2.26. The SMILES string of the molecule is CCCCNc1ncc2c(-c3ccc(CN4CCN(C(C)SC)CC4)cc3)nn(C3CCC(O)CC3)c2n1. The van der Waals surface area contributed by atoms with Crippen LogP contribution >= 0.6 is 11.8 Å². The van der Waals surface area contributed by atoms with Gasteiger partial charge < -0.3 is 10.4 Å². The van der Waals surface area contributed by atoms with Crippen LogP contribution in [0.25, 0.3) is 22.3 Å². The van der Waals surface area contributed by atoms with Crippen molar-refractivity contribution in [3.05, 3.63) is 36.0 Å². The molecule has 38 heavy (non-hydrogen) atoms. The molecule has 2 aliphatic rings. The lowest BCUT2D eigenvalue weighted by Gasteiger charge is -2.37. The second-order valence-electron chi connectivity index (χ2n) is 10.8. The third kappa shape index (κ3) is 6.33. The fourth-order valence-corrected chi connectivity index (χ4v) is 6.13. The predicted molar refractivity (Wildman–Crippen MR) is 157 cm³/mol. The number of hydrogen-bond acceptors (Lipinski definition) is 8. The van der Waals surface area contributed by atoms with Crippen LogP contribution in [0, 0.1) is 0 Å². The number of piperazine rings is 1. The number of aliphatic hydroxyl groups excluding tert-OH is 1. The van der Waals surface area contributed by atoms with Crippen LogP contribution in [0.2, 0.25) is 0 Å². The minimum absolute atomic E-state index is 0.196. The summed E-state index contributed by atoms with van der Waals surface area (Å²) < 4.78 is 2.10. The number of benzene rings is 1. The maximum Gasteiger partial charge on any atom is 0.224 e. The lowest BCUT2D eigenvalue weighted by molar-refractivity contribution is 0.109. The van der Waals surface area contributed by atoms with E-state index < -0.39 is 0 Å². The maximum atomic E-state index is 10.1. The first-order valence-corrected chi connectivity index (χ1v) is 15.6. The van der Waals surface area contributed by atoms with Crippen LogP contribution < -0.4 is 5.32 Å². The number of nitrogens with zero attached hydrogens (tertiary/aromatic N) is 6. The topological polar surface area (TPSA) is 82.3 Å². The van der Waals surface area contributed by atoms with Crippen molar-refractivity contribution in [3.8, 4) is 11.3 Å². The van der Waals surface area contributed by atoms with Crippen LogP contribution in [-0.2, 0) is 6.54 Å². The van der Waals surface area contributed by atoms with Gasteiger partial charge in [-0.05, 0) is 50.8 Å². The first-order valence-electron chi connectivity index (χ1n) is 14.3. The number of thioether (sulfide) groups is 1. The monoisotopic (exact) mass is 537 g/mol. The van der Waals surface area contributed by atoms with Crippen LogP contribution in [0.3, 0.4) is 0 Å². The normalized spacial score (nSPS) is 22.1. The molecule has 1 aliphatic heterocycles. The Labute approximate surface area is 231 Å². The number of nitrogens with one attached hydrogen (secondary N) is 1. The molecule has 2 fully saturated rings. The average Bonchev–Trinajstić information content (AvgIpc) is 3.33. The van der Waals surface area contributed by atoms with E-state index in [2.05, 4.69) is 69.2 Å². The van der Waals surface area contributed by atoms with Gasteiger partial charge in [-0.1, -0.05) is 37.6 Å². The number of aliphatic hydroxyl groups is 1. The van der Waals surface area contributed by atoms with E-state index in [1.165, 1.54) is 5.56 Å². The van der Waals surface area contributed by atoms with Crippen molar-refractivity contribution in [3.63, 3.8) is 0 Å². The first-order chi connectivity index (χ1) is 18.6. The molecule has 8 nitrogen and oxygen atoms in total. The summed E-state index contributed by atoms with van der Waals surface area (Å²) in [5, 5.41) is 20.1. The Kier molecular flexibility index (Phi) is 9.20. The molecule has 1 aromatic carbocycles. The van der Waals surface area contributed by atoms with Gasteiger partial charge in [-0.3, -0.25) is 9.80 Å². The highest BCUT2D eigenvalue weighted by atomic mass is 32.2. The van der Waals surface area contributed by atoms with Crippen molar-refractivity contribution in [2.45, 2.75) is 76.4 Å². The first kappa shape index (κ1) is 27.4. The summed E-state index contributed by atoms with van der Waals surface area (Å²) in [7, 11) is 0. The summed E-state index contributed by atoms with van der Waals surface area (Å²) in [6.45, 7) is 10.8. The van der Waals surface area contributed by atoms with E-state index in [0.717, 1.165) is 100 Å². The average molecular weight is 538 g/mol. The number of rotatable bonds is 10. The van der Waals surface area contributed by atoms with Gasteiger partial charge in [0.2, 0.25) is 5.95 Å². The molecule has 206 valence electrons. The highest BCUT2D eigenvalue weighted by Crippen LogP contribution is 2.34. The minimum atomic E-state index is -0.196. The Bertz CT molecular complexity index is 1170. The molecule has 0 radical (unpaired) electrons. The van der Waals surface area contributed by atoms with Crippen molar-refractivity contribution in [2.75, 3.05) is 44.3 Å². The summed E-state index contributed by atoms with van der Waals surface area (Å²) in [6, 6.07) is 9.14. The van der Waals surface area contributed by atoms with Crippen molar-refractivity contribution >= 4 is 28.7 Å². The van der Waals surface area contributed by atoms with E-state index in [1.54, 1.807) is 0 Å².